The first kappa shape index (κ1) is 20.7. The molecule has 0 radical (unpaired) electrons. The van der Waals surface area contributed by atoms with E-state index in [4.69, 9.17) is 27.9 Å². The zero-order valence-electron chi connectivity index (χ0n) is 15.5. The van der Waals surface area contributed by atoms with E-state index in [1.54, 1.807) is 61.5 Å². The Morgan fingerprint density at radius 1 is 0.862 bits per heavy atom. The second-order valence-electron chi connectivity index (χ2n) is 6.02. The van der Waals surface area contributed by atoms with Crippen LogP contribution in [0, 0.1) is 0 Å². The SMILES string of the molecule is CCOC(=O)c1ccc(Nc2ccccc2NC(=O)c2c(Cl)cccc2Cl)cc1. The summed E-state index contributed by atoms with van der Waals surface area (Å²) >= 11 is 12.2. The molecule has 0 spiro atoms. The van der Waals surface area contributed by atoms with Gasteiger partial charge in [-0.1, -0.05) is 41.4 Å². The van der Waals surface area contributed by atoms with Crippen LogP contribution in [0.15, 0.2) is 66.7 Å². The minimum Gasteiger partial charge on any atom is -0.462 e. The van der Waals surface area contributed by atoms with Crippen molar-refractivity contribution in [2.45, 2.75) is 6.92 Å². The molecule has 0 bridgehead atoms. The average molecular weight is 429 g/mol. The van der Waals surface area contributed by atoms with Gasteiger partial charge in [-0.25, -0.2) is 4.79 Å². The minimum absolute atomic E-state index is 0.212. The molecule has 1 amide bonds. The highest BCUT2D eigenvalue weighted by Gasteiger charge is 2.16. The molecular weight excluding hydrogens is 411 g/mol. The van der Waals surface area contributed by atoms with E-state index in [0.717, 1.165) is 5.69 Å². The van der Waals surface area contributed by atoms with Gasteiger partial charge >= 0.3 is 5.97 Å². The normalized spacial score (nSPS) is 10.3. The maximum atomic E-state index is 12.7. The standard InChI is InChI=1S/C22H18Cl2N2O3/c1-2-29-22(28)14-10-12-15(13-11-14)25-18-8-3-4-9-19(18)26-21(27)20-16(23)6-5-7-17(20)24/h3-13,25H,2H2,1H3,(H,26,27). The van der Waals surface area contributed by atoms with E-state index in [1.165, 1.54) is 0 Å². The van der Waals surface area contributed by atoms with E-state index in [1.807, 2.05) is 12.1 Å². The van der Waals surface area contributed by atoms with Crippen molar-refractivity contribution in [2.24, 2.45) is 0 Å². The molecule has 0 aromatic heterocycles. The van der Waals surface area contributed by atoms with Crippen LogP contribution < -0.4 is 10.6 Å². The summed E-state index contributed by atoms with van der Waals surface area (Å²) in [5, 5.41) is 6.60. The first-order valence-corrected chi connectivity index (χ1v) is 9.63. The molecule has 148 valence electrons. The number of amides is 1. The zero-order chi connectivity index (χ0) is 20.8. The Bertz CT molecular complexity index is 1020. The first-order valence-electron chi connectivity index (χ1n) is 8.88. The number of carbonyl (C=O) groups excluding carboxylic acids is 2. The average Bonchev–Trinajstić information content (AvgIpc) is 2.70. The monoisotopic (exact) mass is 428 g/mol. The number of hydrogen-bond acceptors (Lipinski definition) is 4. The lowest BCUT2D eigenvalue weighted by atomic mass is 10.1. The third kappa shape index (κ3) is 5.08. The van der Waals surface area contributed by atoms with Gasteiger partial charge in [-0.05, 0) is 55.5 Å². The van der Waals surface area contributed by atoms with Gasteiger partial charge in [0.15, 0.2) is 0 Å². The molecule has 0 saturated heterocycles. The number of nitrogens with one attached hydrogen (secondary N) is 2. The summed E-state index contributed by atoms with van der Waals surface area (Å²) in [6, 6.07) is 19.0. The number of ether oxygens (including phenoxy) is 1. The molecule has 29 heavy (non-hydrogen) atoms. The summed E-state index contributed by atoms with van der Waals surface area (Å²) in [4.78, 5) is 24.5. The van der Waals surface area contributed by atoms with Crippen molar-refractivity contribution in [3.63, 3.8) is 0 Å². The largest absolute Gasteiger partial charge is 0.462 e. The van der Waals surface area contributed by atoms with Gasteiger partial charge in [0, 0.05) is 5.69 Å². The highest BCUT2D eigenvalue weighted by molar-refractivity contribution is 6.40. The topological polar surface area (TPSA) is 67.4 Å². The van der Waals surface area contributed by atoms with Crippen molar-refractivity contribution in [1.82, 2.24) is 0 Å². The summed E-state index contributed by atoms with van der Waals surface area (Å²) < 4.78 is 4.98. The van der Waals surface area contributed by atoms with Crippen molar-refractivity contribution in [3.8, 4) is 0 Å². The molecule has 3 rings (SSSR count). The second kappa shape index (κ2) is 9.45. The van der Waals surface area contributed by atoms with Gasteiger partial charge in [-0.15, -0.1) is 0 Å². The fourth-order valence-electron chi connectivity index (χ4n) is 2.66. The molecule has 3 aromatic carbocycles. The van der Waals surface area contributed by atoms with E-state index in [0.29, 0.717) is 23.5 Å². The molecule has 0 heterocycles. The predicted molar refractivity (Wildman–Crippen MR) is 117 cm³/mol. The predicted octanol–water partition coefficient (Wildman–Crippen LogP) is 6.17. The van der Waals surface area contributed by atoms with E-state index in [-0.39, 0.29) is 21.6 Å². The third-order valence-corrected chi connectivity index (χ3v) is 4.67. The Labute approximate surface area is 178 Å². The number of hydrogen-bond donors (Lipinski definition) is 2. The molecule has 3 aromatic rings. The van der Waals surface area contributed by atoms with Gasteiger partial charge in [-0.2, -0.15) is 0 Å². The maximum Gasteiger partial charge on any atom is 0.338 e. The summed E-state index contributed by atoms with van der Waals surface area (Å²) in [5.41, 5.74) is 2.66. The quantitative estimate of drug-likeness (QED) is 0.460. The van der Waals surface area contributed by atoms with Gasteiger partial charge in [0.2, 0.25) is 0 Å². The number of para-hydroxylation sites is 2. The molecule has 0 atom stereocenters. The number of esters is 1. The molecule has 0 fully saturated rings. The van der Waals surface area contributed by atoms with Crippen molar-refractivity contribution in [2.75, 3.05) is 17.2 Å². The Morgan fingerprint density at radius 3 is 2.10 bits per heavy atom. The Kier molecular flexibility index (Phi) is 6.75. The number of halogens is 2. The van der Waals surface area contributed by atoms with Crippen LogP contribution in [0.1, 0.15) is 27.6 Å². The molecule has 0 aliphatic heterocycles. The van der Waals surface area contributed by atoms with Crippen LogP contribution in [-0.2, 0) is 4.74 Å². The van der Waals surface area contributed by atoms with Crippen LogP contribution >= 0.6 is 23.2 Å². The first-order chi connectivity index (χ1) is 14.0. The smallest absolute Gasteiger partial charge is 0.338 e. The minimum atomic E-state index is -0.410. The lowest BCUT2D eigenvalue weighted by Crippen LogP contribution is -2.14. The van der Waals surface area contributed by atoms with Crippen LogP contribution in [0.3, 0.4) is 0 Å². The van der Waals surface area contributed by atoms with Crippen LogP contribution in [0.5, 0.6) is 0 Å². The fraction of sp³-hybridized carbons (Fsp3) is 0.0909. The van der Waals surface area contributed by atoms with Crippen LogP contribution in [0.25, 0.3) is 0 Å². The lowest BCUT2D eigenvalue weighted by molar-refractivity contribution is 0.0526. The van der Waals surface area contributed by atoms with Crippen molar-refractivity contribution >= 4 is 52.1 Å². The van der Waals surface area contributed by atoms with Gasteiger partial charge in [0.05, 0.1) is 39.2 Å². The molecule has 2 N–H and O–H groups in total. The lowest BCUT2D eigenvalue weighted by Gasteiger charge is -2.14. The van der Waals surface area contributed by atoms with Crippen molar-refractivity contribution < 1.29 is 14.3 Å². The molecule has 7 heteroatoms. The molecule has 0 unspecified atom stereocenters. The van der Waals surface area contributed by atoms with E-state index in [2.05, 4.69) is 10.6 Å². The van der Waals surface area contributed by atoms with Crippen molar-refractivity contribution in [3.05, 3.63) is 87.9 Å². The summed E-state index contributed by atoms with van der Waals surface area (Å²) in [6.45, 7) is 2.08. The van der Waals surface area contributed by atoms with Crippen LogP contribution in [-0.4, -0.2) is 18.5 Å². The fourth-order valence-corrected chi connectivity index (χ4v) is 3.23. The van der Waals surface area contributed by atoms with Crippen LogP contribution in [0.4, 0.5) is 17.1 Å². The Morgan fingerprint density at radius 2 is 1.48 bits per heavy atom. The highest BCUT2D eigenvalue weighted by atomic mass is 35.5. The number of anilines is 3. The van der Waals surface area contributed by atoms with Crippen molar-refractivity contribution in [1.29, 1.82) is 0 Å². The maximum absolute atomic E-state index is 12.7. The molecular formula is C22H18Cl2N2O3. The number of carbonyl (C=O) groups is 2. The Balaban J connectivity index is 1.79. The zero-order valence-corrected chi connectivity index (χ0v) is 17.1. The number of rotatable bonds is 6. The summed E-state index contributed by atoms with van der Waals surface area (Å²) in [7, 11) is 0. The second-order valence-corrected chi connectivity index (χ2v) is 6.83. The molecule has 0 aliphatic carbocycles. The van der Waals surface area contributed by atoms with Gasteiger partial charge in [-0.3, -0.25) is 4.79 Å². The highest BCUT2D eigenvalue weighted by Crippen LogP contribution is 2.29. The van der Waals surface area contributed by atoms with Gasteiger partial charge in [0.1, 0.15) is 0 Å². The number of benzene rings is 3. The Hall–Kier alpha value is -3.02. The van der Waals surface area contributed by atoms with E-state index in [9.17, 15) is 9.59 Å². The van der Waals surface area contributed by atoms with Crippen LogP contribution in [0.2, 0.25) is 10.0 Å². The summed E-state index contributed by atoms with van der Waals surface area (Å²) in [6.07, 6.45) is 0. The van der Waals surface area contributed by atoms with Gasteiger partial charge < -0.3 is 15.4 Å². The van der Waals surface area contributed by atoms with E-state index >= 15 is 0 Å². The molecule has 5 nitrogen and oxygen atoms in total. The third-order valence-electron chi connectivity index (χ3n) is 4.04. The van der Waals surface area contributed by atoms with E-state index < -0.39 is 5.91 Å². The summed E-state index contributed by atoms with van der Waals surface area (Å²) in [5.74, 6) is -0.782. The van der Waals surface area contributed by atoms with Gasteiger partial charge in [0.25, 0.3) is 5.91 Å². The molecule has 0 aliphatic rings. The molecule has 0 saturated carbocycles.